The molecular formula is C22H23N5O2S. The predicted octanol–water partition coefficient (Wildman–Crippen LogP) is 3.74. The zero-order valence-electron chi connectivity index (χ0n) is 17.2. The normalized spacial score (nSPS) is 15.4. The van der Waals surface area contributed by atoms with Crippen LogP contribution in [0.5, 0.6) is 0 Å². The van der Waals surface area contributed by atoms with Crippen LogP contribution in [-0.4, -0.2) is 43.4 Å². The molecule has 8 heteroatoms. The zero-order chi connectivity index (χ0) is 21.0. The average molecular weight is 422 g/mol. The number of likely N-dealkylation sites (tertiary alicyclic amines) is 1. The third kappa shape index (κ3) is 2.94. The highest BCUT2D eigenvalue weighted by Crippen LogP contribution is 2.33. The quantitative estimate of drug-likeness (QED) is 0.534. The van der Waals surface area contributed by atoms with Crippen molar-refractivity contribution in [2.45, 2.75) is 39.7 Å². The number of hydrogen-bond acceptors (Lipinski definition) is 5. The predicted molar refractivity (Wildman–Crippen MR) is 118 cm³/mol. The number of nitrogens with zero attached hydrogens (tertiary/aromatic N) is 4. The molecule has 0 unspecified atom stereocenters. The lowest BCUT2D eigenvalue weighted by atomic mass is 10.0. The van der Waals surface area contributed by atoms with Gasteiger partial charge in [-0.25, -0.2) is 14.8 Å². The number of para-hydroxylation sites is 2. The molecular weight excluding hydrogens is 398 g/mol. The van der Waals surface area contributed by atoms with Crippen molar-refractivity contribution >= 4 is 38.5 Å². The van der Waals surface area contributed by atoms with Gasteiger partial charge in [0.05, 0.1) is 15.9 Å². The summed E-state index contributed by atoms with van der Waals surface area (Å²) in [4.78, 5) is 41.2. The second kappa shape index (κ2) is 7.05. The molecule has 0 spiro atoms. The zero-order valence-corrected chi connectivity index (χ0v) is 18.0. The van der Waals surface area contributed by atoms with Gasteiger partial charge in [-0.05, 0) is 51.3 Å². The highest BCUT2D eigenvalue weighted by molar-refractivity contribution is 7.20. The highest BCUT2D eigenvalue weighted by Gasteiger charge is 2.29. The molecule has 4 heterocycles. The Kier molecular flexibility index (Phi) is 4.47. The summed E-state index contributed by atoms with van der Waals surface area (Å²) in [5.41, 5.74) is 3.59. The average Bonchev–Trinajstić information content (AvgIpc) is 3.23. The number of fused-ring (bicyclic) bond motifs is 2. The van der Waals surface area contributed by atoms with Gasteiger partial charge in [0.2, 0.25) is 0 Å². The summed E-state index contributed by atoms with van der Waals surface area (Å²) in [5.74, 6) is 0.780. The highest BCUT2D eigenvalue weighted by atomic mass is 32.1. The van der Waals surface area contributed by atoms with Crippen molar-refractivity contribution in [3.8, 4) is 0 Å². The molecule has 0 saturated carbocycles. The van der Waals surface area contributed by atoms with Crippen LogP contribution in [-0.2, 0) is 0 Å². The molecule has 0 atom stereocenters. The number of aromatic nitrogens is 4. The number of thiophene rings is 1. The van der Waals surface area contributed by atoms with Gasteiger partial charge in [0, 0.05) is 30.2 Å². The van der Waals surface area contributed by atoms with E-state index in [1.54, 1.807) is 0 Å². The Morgan fingerprint density at radius 3 is 2.63 bits per heavy atom. The van der Waals surface area contributed by atoms with Gasteiger partial charge in [-0.2, -0.15) is 0 Å². The Bertz CT molecular complexity index is 1340. The summed E-state index contributed by atoms with van der Waals surface area (Å²) < 4.78 is 1.85. The molecule has 1 aromatic carbocycles. The van der Waals surface area contributed by atoms with Crippen molar-refractivity contribution in [3.05, 3.63) is 56.7 Å². The minimum atomic E-state index is -0.0780. The van der Waals surface area contributed by atoms with Gasteiger partial charge in [-0.3, -0.25) is 9.36 Å². The summed E-state index contributed by atoms with van der Waals surface area (Å²) >= 11 is 1.45. The van der Waals surface area contributed by atoms with Crippen LogP contribution in [0.3, 0.4) is 0 Å². The van der Waals surface area contributed by atoms with Crippen molar-refractivity contribution < 1.29 is 4.79 Å². The number of hydrogen-bond donors (Lipinski definition) is 1. The third-order valence-electron chi connectivity index (χ3n) is 6.02. The van der Waals surface area contributed by atoms with Crippen molar-refractivity contribution in [1.82, 2.24) is 24.4 Å². The molecule has 1 N–H and O–H groups in total. The smallest absolute Gasteiger partial charge is 0.326 e. The Hall–Kier alpha value is -3.00. The number of carbonyl (C=O) groups is 1. The van der Waals surface area contributed by atoms with Crippen LogP contribution in [0.25, 0.3) is 21.3 Å². The lowest BCUT2D eigenvalue weighted by Gasteiger charge is -2.32. The maximum absolute atomic E-state index is 13.3. The van der Waals surface area contributed by atoms with Crippen molar-refractivity contribution in [3.63, 3.8) is 0 Å². The molecule has 1 aliphatic heterocycles. The van der Waals surface area contributed by atoms with E-state index in [1.165, 1.54) is 11.3 Å². The molecule has 1 saturated heterocycles. The fourth-order valence-corrected chi connectivity index (χ4v) is 5.83. The van der Waals surface area contributed by atoms with Crippen LogP contribution in [0.1, 0.15) is 45.6 Å². The first kappa shape index (κ1) is 19.0. The Morgan fingerprint density at radius 1 is 1.13 bits per heavy atom. The van der Waals surface area contributed by atoms with Gasteiger partial charge < -0.3 is 9.88 Å². The number of imidazole rings is 1. The van der Waals surface area contributed by atoms with Gasteiger partial charge in [-0.1, -0.05) is 12.1 Å². The maximum Gasteiger partial charge on any atom is 0.326 e. The lowest BCUT2D eigenvalue weighted by Crippen LogP contribution is -2.40. The van der Waals surface area contributed by atoms with Gasteiger partial charge in [-0.15, -0.1) is 11.3 Å². The molecule has 1 amide bonds. The molecule has 4 aromatic rings. The molecule has 3 aromatic heterocycles. The van der Waals surface area contributed by atoms with E-state index in [0.717, 1.165) is 56.1 Å². The monoisotopic (exact) mass is 421 g/mol. The van der Waals surface area contributed by atoms with Crippen LogP contribution < -0.4 is 5.69 Å². The Balaban J connectivity index is 1.39. The minimum absolute atomic E-state index is 0.0530. The first-order valence-corrected chi connectivity index (χ1v) is 11.0. The van der Waals surface area contributed by atoms with E-state index in [2.05, 4.69) is 15.0 Å². The molecule has 1 aliphatic rings. The van der Waals surface area contributed by atoms with E-state index in [-0.39, 0.29) is 17.6 Å². The molecule has 5 rings (SSSR count). The first-order valence-electron chi connectivity index (χ1n) is 10.2. The molecule has 0 radical (unpaired) electrons. The van der Waals surface area contributed by atoms with E-state index in [9.17, 15) is 9.59 Å². The summed E-state index contributed by atoms with van der Waals surface area (Å²) in [6.45, 7) is 7.09. The molecule has 1 fully saturated rings. The van der Waals surface area contributed by atoms with Crippen LogP contribution in [0, 0.1) is 20.8 Å². The van der Waals surface area contributed by atoms with Crippen LogP contribution in [0.15, 0.2) is 29.1 Å². The van der Waals surface area contributed by atoms with Crippen molar-refractivity contribution in [1.29, 1.82) is 0 Å². The topological polar surface area (TPSA) is 83.9 Å². The molecule has 0 bridgehead atoms. The number of aromatic amines is 1. The molecule has 0 aliphatic carbocycles. The van der Waals surface area contributed by atoms with Crippen LogP contribution in [0.2, 0.25) is 0 Å². The largest absolute Gasteiger partial charge is 0.338 e. The Labute approximate surface area is 177 Å². The number of H-pyrrole nitrogens is 1. The fourth-order valence-electron chi connectivity index (χ4n) is 4.59. The Morgan fingerprint density at radius 2 is 1.87 bits per heavy atom. The number of aryl methyl sites for hydroxylation is 3. The minimum Gasteiger partial charge on any atom is -0.338 e. The van der Waals surface area contributed by atoms with E-state index in [1.807, 2.05) is 54.5 Å². The van der Waals surface area contributed by atoms with Gasteiger partial charge in [0.15, 0.2) is 0 Å². The number of piperidine rings is 1. The second-order valence-corrected chi connectivity index (χ2v) is 8.93. The number of nitrogens with one attached hydrogen (secondary N) is 1. The molecule has 7 nitrogen and oxygen atoms in total. The van der Waals surface area contributed by atoms with E-state index in [0.29, 0.717) is 13.1 Å². The summed E-state index contributed by atoms with van der Waals surface area (Å²) in [5, 5.41) is 0.995. The maximum atomic E-state index is 13.3. The van der Waals surface area contributed by atoms with Gasteiger partial charge in [0.1, 0.15) is 10.7 Å². The second-order valence-electron chi connectivity index (χ2n) is 7.93. The van der Waals surface area contributed by atoms with Crippen LogP contribution >= 0.6 is 11.3 Å². The molecule has 154 valence electrons. The van der Waals surface area contributed by atoms with Crippen LogP contribution in [0.4, 0.5) is 0 Å². The van der Waals surface area contributed by atoms with Gasteiger partial charge >= 0.3 is 5.69 Å². The van der Waals surface area contributed by atoms with E-state index in [4.69, 9.17) is 0 Å². The molecule has 30 heavy (non-hydrogen) atoms. The SMILES string of the molecule is Cc1nc(C)c2c(C)c(C(=O)N3CCC(n4c(=O)[nH]c5ccccc54)CC3)sc2n1. The number of benzene rings is 1. The number of amides is 1. The standard InChI is InChI=1S/C22H23N5O2S/c1-12-18-13(2)23-14(3)24-20(18)30-19(12)21(28)26-10-8-15(9-11-26)27-17-7-5-4-6-16(17)25-22(27)29/h4-7,15H,8-11H2,1-3H3,(H,25,29). The van der Waals surface area contributed by atoms with Crippen molar-refractivity contribution in [2.24, 2.45) is 0 Å². The van der Waals surface area contributed by atoms with Crippen molar-refractivity contribution in [2.75, 3.05) is 13.1 Å². The number of carbonyl (C=O) groups excluding carboxylic acids is 1. The third-order valence-corrected chi connectivity index (χ3v) is 7.19. The summed E-state index contributed by atoms with van der Waals surface area (Å²) in [7, 11) is 0. The van der Waals surface area contributed by atoms with E-state index < -0.39 is 0 Å². The van der Waals surface area contributed by atoms with Gasteiger partial charge in [0.25, 0.3) is 5.91 Å². The van der Waals surface area contributed by atoms with E-state index >= 15 is 0 Å². The summed E-state index contributed by atoms with van der Waals surface area (Å²) in [6.07, 6.45) is 1.52. The number of rotatable bonds is 2. The summed E-state index contributed by atoms with van der Waals surface area (Å²) in [6, 6.07) is 7.85. The first-order chi connectivity index (χ1) is 14.4. The fraction of sp³-hybridized carbons (Fsp3) is 0.364. The lowest BCUT2D eigenvalue weighted by molar-refractivity contribution is 0.0699.